The van der Waals surface area contributed by atoms with E-state index in [1.165, 1.54) is 21.3 Å². The Morgan fingerprint density at radius 2 is 0.855 bits per heavy atom. The van der Waals surface area contributed by atoms with E-state index >= 15 is 0 Å². The zero-order valence-electron chi connectivity index (χ0n) is 47.1. The Labute approximate surface area is 511 Å². The van der Waals surface area contributed by atoms with Gasteiger partial charge in [0.2, 0.25) is 0 Å². The predicted molar refractivity (Wildman–Crippen MR) is 300 cm³/mol. The first-order chi connectivity index (χ1) is 36.9. The summed E-state index contributed by atoms with van der Waals surface area (Å²) >= 11 is 36.2. The maximum atomic E-state index is 13.4. The van der Waals surface area contributed by atoms with Crippen molar-refractivity contribution in [3.05, 3.63) is 0 Å². The van der Waals surface area contributed by atoms with Gasteiger partial charge in [-0.1, -0.05) is 7.43 Å². The Hall–Kier alpha value is 0.468. The van der Waals surface area contributed by atoms with Crippen molar-refractivity contribution in [1.82, 2.24) is 0 Å². The first kappa shape index (κ1) is 74.2. The molecule has 486 valence electrons. The third-order valence-corrected chi connectivity index (χ3v) is 35.8. The van der Waals surface area contributed by atoms with Gasteiger partial charge in [0.25, 0.3) is 11.2 Å². The van der Waals surface area contributed by atoms with Gasteiger partial charge in [0.15, 0.2) is 0 Å². The maximum absolute atomic E-state index is 13.4. The van der Waals surface area contributed by atoms with Gasteiger partial charge in [0, 0.05) is 32.4 Å². The largest absolute Gasteiger partial charge is 0.495 e. The van der Waals surface area contributed by atoms with Crippen LogP contribution in [0, 0.1) is 71.0 Å². The molecule has 17 atom stereocenters. The van der Waals surface area contributed by atoms with Crippen LogP contribution in [0.2, 0.25) is 28.7 Å². The van der Waals surface area contributed by atoms with Gasteiger partial charge in [-0.25, -0.2) is 0 Å². The monoisotopic (exact) mass is 1400 g/mol. The van der Waals surface area contributed by atoms with Crippen molar-refractivity contribution in [1.29, 1.82) is 0 Å². The van der Waals surface area contributed by atoms with Gasteiger partial charge >= 0.3 is 66.0 Å². The zero-order chi connectivity index (χ0) is 62.5. The average molecular weight is 1410 g/mol. The number of alkyl halides is 12. The Kier molecular flexibility index (Phi) is 22.8. The van der Waals surface area contributed by atoms with Crippen LogP contribution < -0.4 is 0 Å². The molecule has 0 aromatic heterocycles. The molecule has 0 aromatic rings. The average Bonchev–Trinajstić information content (AvgIpc) is 2.01. The summed E-state index contributed by atoms with van der Waals surface area (Å²) in [4.78, 5) is 25.0. The molecule has 10 nitrogen and oxygen atoms in total. The van der Waals surface area contributed by atoms with Crippen LogP contribution in [0.1, 0.15) is 139 Å². The molecule has 8 fully saturated rings. The highest BCUT2D eigenvalue weighted by atomic mass is 35.8. The molecule has 0 saturated heterocycles. The fourth-order valence-electron chi connectivity index (χ4n) is 15.8. The van der Waals surface area contributed by atoms with E-state index in [2.05, 4.69) is 0 Å². The van der Waals surface area contributed by atoms with Crippen molar-refractivity contribution in [3.8, 4) is 0 Å². The van der Waals surface area contributed by atoms with Crippen LogP contribution in [-0.4, -0.2) is 120 Å². The second kappa shape index (κ2) is 25.5. The van der Waals surface area contributed by atoms with Crippen molar-refractivity contribution < 1.29 is 99.4 Å². The van der Waals surface area contributed by atoms with Crippen LogP contribution in [-0.2, 0) is 36.5 Å². The molecule has 0 radical (unpaired) electrons. The number of carbonyl (C=O) groups is 2. The number of fused-ring (bicyclic) bond motifs is 8. The molecule has 0 heterocycles. The lowest BCUT2D eigenvalue weighted by molar-refractivity contribution is -0.373. The lowest BCUT2D eigenvalue weighted by atomic mass is 9.79. The van der Waals surface area contributed by atoms with E-state index in [0.29, 0.717) is 44.4 Å². The van der Waals surface area contributed by atoms with E-state index in [-0.39, 0.29) is 90.3 Å². The summed E-state index contributed by atoms with van der Waals surface area (Å²) in [5, 5.41) is 19.1. The highest BCUT2D eigenvalue weighted by molar-refractivity contribution is 7.65. The van der Waals surface area contributed by atoms with E-state index in [1.54, 1.807) is 0 Å². The van der Waals surface area contributed by atoms with Crippen molar-refractivity contribution in [2.45, 2.75) is 215 Å². The van der Waals surface area contributed by atoms with Crippen molar-refractivity contribution >= 4 is 108 Å². The first-order valence-electron chi connectivity index (χ1n) is 27.5. The quantitative estimate of drug-likeness (QED) is 0.0707. The lowest BCUT2D eigenvalue weighted by Gasteiger charge is -2.46. The van der Waals surface area contributed by atoms with Crippen LogP contribution in [0.4, 0.5) is 52.7 Å². The Morgan fingerprint density at radius 1 is 0.458 bits per heavy atom. The van der Waals surface area contributed by atoms with Crippen LogP contribution >= 0.6 is 66.5 Å². The molecule has 8 aliphatic rings. The fourth-order valence-corrected chi connectivity index (χ4v) is 32.1. The second-order valence-electron chi connectivity index (χ2n) is 26.7. The molecular weight excluding hydrogens is 1330 g/mol. The Morgan fingerprint density at radius 3 is 1.22 bits per heavy atom. The van der Waals surface area contributed by atoms with Gasteiger partial charge in [0.1, 0.15) is 11.2 Å². The molecule has 0 aliphatic heterocycles. The first-order valence-corrected chi connectivity index (χ1v) is 42.0. The number of esters is 2. The summed E-state index contributed by atoms with van der Waals surface area (Å²) in [5.74, 6) is -2.58. The van der Waals surface area contributed by atoms with Crippen molar-refractivity contribution in [2.75, 3.05) is 21.3 Å². The third-order valence-electron chi connectivity index (χ3n) is 19.3. The van der Waals surface area contributed by atoms with Gasteiger partial charge in [-0.05, 0) is 208 Å². The fraction of sp³-hybridized carbons (Fsp3) is 0.961. The summed E-state index contributed by atoms with van der Waals surface area (Å²) in [6.45, 7) is 13.0. The molecule has 0 amide bonds. The number of hydrogen-bond acceptors (Lipinski definition) is 10. The lowest BCUT2D eigenvalue weighted by Crippen LogP contribution is -2.61. The van der Waals surface area contributed by atoms with Crippen LogP contribution in [0.5, 0.6) is 0 Å². The predicted octanol–water partition coefficient (Wildman–Crippen LogP) is 16.7. The number of hydrogen-bond donors (Lipinski definition) is 2. The van der Waals surface area contributed by atoms with Crippen LogP contribution in [0.15, 0.2) is 0 Å². The Balaban J connectivity index is 0.000000256. The summed E-state index contributed by atoms with van der Waals surface area (Å²) < 4.78 is 193. The SMILES string of the molecule is C.CC(C)(C)OC(=O)C1CC2CC1C([Si](Cl)(Cl)Cl)C2.CO[Si](C)(O[Si](OC)(OC)C1CC2CC1CC2C(=O)OC(C)(C)C)C1CC2CC1CC2CC(O)(C(F)(F)F)C(F)(F)F.OC(CC1CC2CC1C([Si](Cl)(Cl)Cl)C2)(C(F)(F)F)C(F)(F)F. The molecule has 32 heteroatoms. The van der Waals surface area contributed by atoms with Gasteiger partial charge in [-0.2, -0.15) is 52.7 Å². The summed E-state index contributed by atoms with van der Waals surface area (Å²) in [7, 11) is -1.94. The second-order valence-corrected chi connectivity index (χ2v) is 51.3. The number of carbonyl (C=O) groups excluding carboxylic acids is 2. The highest BCUT2D eigenvalue weighted by Crippen LogP contribution is 2.66. The van der Waals surface area contributed by atoms with E-state index in [1.807, 2.05) is 48.1 Å². The zero-order valence-corrected chi connectivity index (χ0v) is 55.6. The third kappa shape index (κ3) is 15.9. The standard InChI is InChI=1S/C27H44F6O7Si2.C12H19Cl3O2Si.C11H13Cl3F6OSi.CH4/c1-24(2,3)39-23(34)20-11-18-9-16(20)13-22(18)42(37-5,38-6)40-41(7,36-4)21-12-15-8-17(21)10-19(15)14-25(35,26(28,29)30)27(31,32)33;1-12(2,3)17-11(16)9-5-7-4-8(9)10(6-7)18(13,14)15;12-22(13,14)8-3-5-1-6(7(8)2-5)4-9(21,10(15,16)17)11(18,19)20;/h15-22,35H,8-14H2,1-7H3;7-10H,4-6H2,1-3H3;5-8,21H,1-4H2;1H4. The minimum absolute atomic E-state index is 0. The van der Waals surface area contributed by atoms with Crippen molar-refractivity contribution in [2.24, 2.45) is 71.0 Å². The molecular formula is C51H80Cl6F12O10Si4. The number of ether oxygens (including phenoxy) is 2. The normalized spacial score (nSPS) is 34.4. The van der Waals surface area contributed by atoms with E-state index in [0.717, 1.165) is 25.7 Å². The minimum atomic E-state index is -5.82. The van der Waals surface area contributed by atoms with Crippen LogP contribution in [0.25, 0.3) is 0 Å². The molecule has 83 heavy (non-hydrogen) atoms. The van der Waals surface area contributed by atoms with E-state index in [4.69, 9.17) is 93.3 Å². The molecule has 0 spiro atoms. The highest BCUT2D eigenvalue weighted by Gasteiger charge is 2.74. The van der Waals surface area contributed by atoms with Crippen molar-refractivity contribution in [3.63, 3.8) is 0 Å². The summed E-state index contributed by atoms with van der Waals surface area (Å²) in [5.41, 5.74) is -11.1. The Bertz CT molecular complexity index is 2220. The topological polar surface area (TPSA) is 130 Å². The molecule has 8 bridgehead atoms. The minimum Gasteiger partial charge on any atom is -0.460 e. The summed E-state index contributed by atoms with van der Waals surface area (Å²) in [6, 6.07) is -5.93. The molecule has 0 aromatic carbocycles. The number of rotatable bonds is 15. The molecule has 8 rings (SSSR count). The molecule has 8 saturated carbocycles. The number of aliphatic hydroxyl groups is 2. The van der Waals surface area contributed by atoms with Gasteiger partial charge in [-0.15, -0.1) is 66.5 Å². The molecule has 2 N–H and O–H groups in total. The van der Waals surface area contributed by atoms with Gasteiger partial charge in [-0.3, -0.25) is 9.59 Å². The summed E-state index contributed by atoms with van der Waals surface area (Å²) in [6.07, 6.45) is -18.9. The van der Waals surface area contributed by atoms with E-state index < -0.39 is 119 Å². The van der Waals surface area contributed by atoms with Gasteiger partial charge in [0.05, 0.1) is 11.8 Å². The molecule has 17 unspecified atom stereocenters. The number of halogens is 18. The van der Waals surface area contributed by atoms with E-state index in [9.17, 15) is 72.5 Å². The van der Waals surface area contributed by atoms with Gasteiger partial charge < -0.3 is 37.1 Å². The smallest absolute Gasteiger partial charge is 0.460 e. The maximum Gasteiger partial charge on any atom is 0.495 e. The molecule has 8 aliphatic carbocycles. The van der Waals surface area contributed by atoms with Crippen LogP contribution in [0.3, 0.4) is 0 Å².